The molecule has 2 atom stereocenters. The van der Waals surface area contributed by atoms with Crippen LogP contribution in [0.25, 0.3) is 0 Å². The minimum atomic E-state index is -0.587. The number of halogens is 1. The third-order valence-electron chi connectivity index (χ3n) is 3.70. The lowest BCUT2D eigenvalue weighted by atomic mass is 10.2. The molecule has 5 nitrogen and oxygen atoms in total. The van der Waals surface area contributed by atoms with Crippen LogP contribution in [0.2, 0.25) is 0 Å². The van der Waals surface area contributed by atoms with E-state index in [0.29, 0.717) is 6.54 Å². The number of aromatic nitrogens is 1. The number of hydrogen-bond donors (Lipinski definition) is 1. The van der Waals surface area contributed by atoms with Crippen LogP contribution in [-0.2, 0) is 4.74 Å². The molecular formula is C16H24FN3O2. The van der Waals surface area contributed by atoms with Gasteiger partial charge >= 0.3 is 0 Å². The molecular weight excluding hydrogens is 285 g/mol. The van der Waals surface area contributed by atoms with E-state index in [1.165, 1.54) is 12.3 Å². The summed E-state index contributed by atoms with van der Waals surface area (Å²) in [5.41, 5.74) is 0.0471. The van der Waals surface area contributed by atoms with Gasteiger partial charge in [-0.3, -0.25) is 14.7 Å². The molecule has 2 heterocycles. The molecule has 0 saturated carbocycles. The van der Waals surface area contributed by atoms with Gasteiger partial charge in [0.2, 0.25) is 0 Å². The molecule has 1 saturated heterocycles. The van der Waals surface area contributed by atoms with Crippen molar-refractivity contribution < 1.29 is 13.9 Å². The average Bonchev–Trinajstić information content (AvgIpc) is 2.46. The van der Waals surface area contributed by atoms with E-state index in [4.69, 9.17) is 4.74 Å². The monoisotopic (exact) mass is 309 g/mol. The first kappa shape index (κ1) is 16.8. The third kappa shape index (κ3) is 5.03. The number of nitrogens with zero attached hydrogens (tertiary/aromatic N) is 2. The fourth-order valence-electron chi connectivity index (χ4n) is 2.78. The van der Waals surface area contributed by atoms with Crippen LogP contribution in [0.5, 0.6) is 0 Å². The van der Waals surface area contributed by atoms with Gasteiger partial charge < -0.3 is 10.1 Å². The second-order valence-electron chi connectivity index (χ2n) is 5.84. The number of morpholine rings is 1. The van der Waals surface area contributed by atoms with Crippen LogP contribution in [0.3, 0.4) is 0 Å². The van der Waals surface area contributed by atoms with Crippen LogP contribution < -0.4 is 5.32 Å². The highest BCUT2D eigenvalue weighted by atomic mass is 19.1. The van der Waals surface area contributed by atoms with Gasteiger partial charge in [-0.05, 0) is 39.3 Å². The van der Waals surface area contributed by atoms with Crippen molar-refractivity contribution in [1.82, 2.24) is 15.2 Å². The van der Waals surface area contributed by atoms with Crippen LogP contribution in [0, 0.1) is 5.82 Å². The SMILES string of the molecule is C[C@@H]1CN(CCCCNC(=O)c2ccncc2F)C[C@@H](C)O1. The quantitative estimate of drug-likeness (QED) is 0.815. The van der Waals surface area contributed by atoms with Crippen LogP contribution in [0.1, 0.15) is 37.0 Å². The van der Waals surface area contributed by atoms with Crippen molar-refractivity contribution in [3.05, 3.63) is 29.8 Å². The number of nitrogens with one attached hydrogen (secondary N) is 1. The Morgan fingerprint density at radius 2 is 2.14 bits per heavy atom. The zero-order chi connectivity index (χ0) is 15.9. The normalized spacial score (nSPS) is 22.5. The zero-order valence-electron chi connectivity index (χ0n) is 13.2. The first-order valence-corrected chi connectivity index (χ1v) is 7.82. The Labute approximate surface area is 130 Å². The Balaban J connectivity index is 1.63. The van der Waals surface area contributed by atoms with Gasteiger partial charge in [0.25, 0.3) is 5.91 Å². The molecule has 1 N–H and O–H groups in total. The number of unbranched alkanes of at least 4 members (excludes halogenated alkanes) is 1. The van der Waals surface area contributed by atoms with Gasteiger partial charge in [-0.15, -0.1) is 0 Å². The van der Waals surface area contributed by atoms with E-state index in [-0.39, 0.29) is 23.7 Å². The van der Waals surface area contributed by atoms with Gasteiger partial charge in [0, 0.05) is 25.8 Å². The van der Waals surface area contributed by atoms with Crippen molar-refractivity contribution in [3.8, 4) is 0 Å². The maximum absolute atomic E-state index is 13.4. The van der Waals surface area contributed by atoms with Gasteiger partial charge in [-0.1, -0.05) is 0 Å². The minimum Gasteiger partial charge on any atom is -0.373 e. The Bertz CT molecular complexity index is 488. The van der Waals surface area contributed by atoms with E-state index in [0.717, 1.165) is 38.7 Å². The number of rotatable bonds is 6. The summed E-state index contributed by atoms with van der Waals surface area (Å²) in [6, 6.07) is 1.39. The molecule has 0 aliphatic carbocycles. The Kier molecular flexibility index (Phi) is 6.27. The Morgan fingerprint density at radius 1 is 1.41 bits per heavy atom. The molecule has 1 aromatic rings. The Morgan fingerprint density at radius 3 is 2.82 bits per heavy atom. The molecule has 6 heteroatoms. The molecule has 0 radical (unpaired) electrons. The van der Waals surface area contributed by atoms with Gasteiger partial charge in [-0.2, -0.15) is 0 Å². The summed E-state index contributed by atoms with van der Waals surface area (Å²) in [6.45, 7) is 7.64. The molecule has 0 aromatic carbocycles. The maximum atomic E-state index is 13.4. The van der Waals surface area contributed by atoms with Crippen molar-refractivity contribution in [3.63, 3.8) is 0 Å². The van der Waals surface area contributed by atoms with Crippen LogP contribution >= 0.6 is 0 Å². The van der Waals surface area contributed by atoms with Crippen molar-refractivity contribution in [1.29, 1.82) is 0 Å². The lowest BCUT2D eigenvalue weighted by Crippen LogP contribution is -2.45. The number of amides is 1. The molecule has 1 amide bonds. The van der Waals surface area contributed by atoms with E-state index >= 15 is 0 Å². The summed E-state index contributed by atoms with van der Waals surface area (Å²) in [5.74, 6) is -0.968. The maximum Gasteiger partial charge on any atom is 0.254 e. The standard InChI is InChI=1S/C16H24FN3O2/c1-12-10-20(11-13(2)22-12)8-4-3-6-19-16(21)14-5-7-18-9-15(14)17/h5,7,9,12-13H,3-4,6,8,10-11H2,1-2H3,(H,19,21)/t12-,13-/m1/s1. The van der Waals surface area contributed by atoms with Gasteiger partial charge in [-0.25, -0.2) is 4.39 Å². The fourth-order valence-corrected chi connectivity index (χ4v) is 2.78. The van der Waals surface area contributed by atoms with Crippen molar-refractivity contribution in [2.45, 2.75) is 38.9 Å². The predicted molar refractivity (Wildman–Crippen MR) is 82.2 cm³/mol. The average molecular weight is 309 g/mol. The van der Waals surface area contributed by atoms with Crippen LogP contribution in [-0.4, -0.2) is 54.2 Å². The van der Waals surface area contributed by atoms with Crippen molar-refractivity contribution >= 4 is 5.91 Å². The smallest absolute Gasteiger partial charge is 0.254 e. The molecule has 1 aromatic heterocycles. The van der Waals surface area contributed by atoms with Crippen molar-refractivity contribution in [2.24, 2.45) is 0 Å². The summed E-state index contributed by atoms with van der Waals surface area (Å²) >= 11 is 0. The highest BCUT2D eigenvalue weighted by molar-refractivity contribution is 5.94. The summed E-state index contributed by atoms with van der Waals surface area (Å²) in [4.78, 5) is 17.8. The first-order valence-electron chi connectivity index (χ1n) is 7.82. The summed E-state index contributed by atoms with van der Waals surface area (Å²) in [7, 11) is 0. The number of carbonyl (C=O) groups excluding carboxylic acids is 1. The highest BCUT2D eigenvalue weighted by Gasteiger charge is 2.21. The predicted octanol–water partition coefficient (Wildman–Crippen LogP) is 1.84. The van der Waals surface area contributed by atoms with Crippen LogP contribution in [0.15, 0.2) is 18.5 Å². The molecule has 22 heavy (non-hydrogen) atoms. The Hall–Kier alpha value is -1.53. The minimum absolute atomic E-state index is 0.0471. The molecule has 1 fully saturated rings. The molecule has 122 valence electrons. The molecule has 1 aliphatic heterocycles. The molecule has 0 unspecified atom stereocenters. The lowest BCUT2D eigenvalue weighted by Gasteiger charge is -2.35. The molecule has 0 bridgehead atoms. The number of carbonyl (C=O) groups is 1. The summed E-state index contributed by atoms with van der Waals surface area (Å²) in [5, 5.41) is 2.75. The van der Waals surface area contributed by atoms with E-state index in [9.17, 15) is 9.18 Å². The third-order valence-corrected chi connectivity index (χ3v) is 3.70. The van der Waals surface area contributed by atoms with E-state index in [1.54, 1.807) is 0 Å². The summed E-state index contributed by atoms with van der Waals surface area (Å²) in [6.07, 6.45) is 4.89. The molecule has 0 spiro atoms. The molecule has 1 aliphatic rings. The second kappa shape index (κ2) is 8.19. The van der Waals surface area contributed by atoms with Gasteiger partial charge in [0.15, 0.2) is 5.82 Å². The number of pyridine rings is 1. The first-order chi connectivity index (χ1) is 10.6. The van der Waals surface area contributed by atoms with Gasteiger partial charge in [0.05, 0.1) is 24.0 Å². The second-order valence-corrected chi connectivity index (χ2v) is 5.84. The topological polar surface area (TPSA) is 54.5 Å². The van der Waals surface area contributed by atoms with E-state index < -0.39 is 5.82 Å². The van der Waals surface area contributed by atoms with Gasteiger partial charge in [0.1, 0.15) is 0 Å². The fraction of sp³-hybridized carbons (Fsp3) is 0.625. The number of hydrogen-bond acceptors (Lipinski definition) is 4. The van der Waals surface area contributed by atoms with E-state index in [1.807, 2.05) is 0 Å². The largest absolute Gasteiger partial charge is 0.373 e. The number of ether oxygens (including phenoxy) is 1. The zero-order valence-corrected chi connectivity index (χ0v) is 13.2. The lowest BCUT2D eigenvalue weighted by molar-refractivity contribution is -0.0681. The summed E-state index contributed by atoms with van der Waals surface area (Å²) < 4.78 is 19.1. The van der Waals surface area contributed by atoms with Crippen LogP contribution in [0.4, 0.5) is 4.39 Å². The highest BCUT2D eigenvalue weighted by Crippen LogP contribution is 2.11. The molecule has 2 rings (SSSR count). The van der Waals surface area contributed by atoms with Crippen molar-refractivity contribution in [2.75, 3.05) is 26.2 Å². The van der Waals surface area contributed by atoms with E-state index in [2.05, 4.69) is 29.0 Å².